The fourth-order valence-electron chi connectivity index (χ4n) is 2.16. The molecule has 130 valence electrons. The van der Waals surface area contributed by atoms with E-state index in [-0.39, 0.29) is 26.2 Å². The number of aryl methyl sites for hydroxylation is 1. The van der Waals surface area contributed by atoms with E-state index < -0.39 is 10.0 Å². The van der Waals surface area contributed by atoms with Gasteiger partial charge in [0.2, 0.25) is 0 Å². The predicted molar refractivity (Wildman–Crippen MR) is 96.2 cm³/mol. The van der Waals surface area contributed by atoms with Crippen LogP contribution in [0, 0.1) is 6.92 Å². The minimum absolute atomic E-state index is 0.0645. The fourth-order valence-corrected chi connectivity index (χ4v) is 3.93. The van der Waals surface area contributed by atoms with Crippen LogP contribution in [0.2, 0.25) is 10.0 Å². The lowest BCUT2D eigenvalue weighted by Gasteiger charge is -2.09. The summed E-state index contributed by atoms with van der Waals surface area (Å²) in [6.07, 6.45) is 1.31. The number of hydrogen-bond acceptors (Lipinski definition) is 4. The van der Waals surface area contributed by atoms with Crippen molar-refractivity contribution in [2.75, 3.05) is 4.72 Å². The van der Waals surface area contributed by atoms with Gasteiger partial charge in [0.15, 0.2) is 5.82 Å². The number of nitrogens with zero attached hydrogens (tertiary/aromatic N) is 2. The second kappa shape index (κ2) is 6.55. The van der Waals surface area contributed by atoms with Crippen molar-refractivity contribution in [1.82, 2.24) is 14.8 Å². The van der Waals surface area contributed by atoms with Gasteiger partial charge in [0.25, 0.3) is 15.6 Å². The molecule has 0 aliphatic carbocycles. The van der Waals surface area contributed by atoms with Crippen molar-refractivity contribution in [2.45, 2.75) is 11.8 Å². The summed E-state index contributed by atoms with van der Waals surface area (Å²) in [6.45, 7) is 1.75. The summed E-state index contributed by atoms with van der Waals surface area (Å²) in [5, 5.41) is 3.26. The van der Waals surface area contributed by atoms with Gasteiger partial charge in [-0.25, -0.2) is 18.1 Å². The molecule has 3 rings (SSSR count). The van der Waals surface area contributed by atoms with E-state index in [0.29, 0.717) is 11.5 Å². The van der Waals surface area contributed by atoms with Crippen LogP contribution >= 0.6 is 23.2 Å². The summed E-state index contributed by atoms with van der Waals surface area (Å²) in [5.41, 5.74) is 0.664. The van der Waals surface area contributed by atoms with Gasteiger partial charge in [-0.05, 0) is 37.3 Å². The molecule has 0 aliphatic heterocycles. The molecule has 0 saturated carbocycles. The Hall–Kier alpha value is -2.29. The predicted octanol–water partition coefficient (Wildman–Crippen LogP) is 2.98. The first kappa shape index (κ1) is 17.5. The molecule has 0 atom stereocenters. The van der Waals surface area contributed by atoms with E-state index in [2.05, 4.69) is 14.8 Å². The normalized spacial score (nSPS) is 11.5. The van der Waals surface area contributed by atoms with Crippen LogP contribution < -0.4 is 10.3 Å². The molecule has 25 heavy (non-hydrogen) atoms. The highest BCUT2D eigenvalue weighted by atomic mass is 35.5. The van der Waals surface area contributed by atoms with E-state index in [1.54, 1.807) is 6.92 Å². The number of pyridine rings is 1. The lowest BCUT2D eigenvalue weighted by atomic mass is 10.4. The van der Waals surface area contributed by atoms with Crippen molar-refractivity contribution < 1.29 is 8.42 Å². The molecule has 0 bridgehead atoms. The zero-order chi connectivity index (χ0) is 18.2. The molecule has 10 heteroatoms. The molecule has 0 saturated heterocycles. The van der Waals surface area contributed by atoms with E-state index in [0.717, 1.165) is 0 Å². The Labute approximate surface area is 153 Å². The monoisotopic (exact) mass is 398 g/mol. The van der Waals surface area contributed by atoms with Crippen molar-refractivity contribution in [2.24, 2.45) is 0 Å². The Bertz CT molecular complexity index is 1070. The molecule has 0 amide bonds. The largest absolute Gasteiger partial charge is 0.294 e. The average molecular weight is 399 g/mol. The number of rotatable bonds is 4. The number of halogens is 2. The van der Waals surface area contributed by atoms with E-state index in [1.807, 2.05) is 0 Å². The third-order valence-electron chi connectivity index (χ3n) is 3.22. The maximum absolute atomic E-state index is 12.4. The second-order valence-electron chi connectivity index (χ2n) is 5.23. The van der Waals surface area contributed by atoms with Gasteiger partial charge in [-0.2, -0.15) is 0 Å². The smallest absolute Gasteiger partial charge is 0.272 e. The highest BCUT2D eigenvalue weighted by Crippen LogP contribution is 2.24. The number of hydrogen-bond donors (Lipinski definition) is 2. The number of nitrogens with one attached hydrogen (secondary N) is 2. The first-order chi connectivity index (χ1) is 11.7. The number of anilines is 1. The molecule has 3 aromatic rings. The fraction of sp³-hybridized carbons (Fsp3) is 0.0667. The lowest BCUT2D eigenvalue weighted by molar-refractivity contribution is 0.601. The zero-order valence-electron chi connectivity index (χ0n) is 12.8. The van der Waals surface area contributed by atoms with Crippen LogP contribution in [-0.2, 0) is 10.0 Å². The molecule has 0 radical (unpaired) electrons. The van der Waals surface area contributed by atoms with Crippen molar-refractivity contribution in [3.63, 3.8) is 0 Å². The van der Waals surface area contributed by atoms with Gasteiger partial charge in [-0.15, -0.1) is 0 Å². The number of sulfonamides is 1. The molecular weight excluding hydrogens is 387 g/mol. The van der Waals surface area contributed by atoms with E-state index in [4.69, 9.17) is 23.2 Å². The molecule has 2 heterocycles. The van der Waals surface area contributed by atoms with Gasteiger partial charge >= 0.3 is 0 Å². The Kier molecular flexibility index (Phi) is 4.59. The third kappa shape index (κ3) is 3.87. The van der Waals surface area contributed by atoms with Crippen LogP contribution in [0.15, 0.2) is 52.3 Å². The van der Waals surface area contributed by atoms with Crippen LogP contribution in [0.4, 0.5) is 5.69 Å². The van der Waals surface area contributed by atoms with Crippen molar-refractivity contribution in [3.8, 4) is 5.82 Å². The summed E-state index contributed by atoms with van der Waals surface area (Å²) >= 11 is 11.7. The summed E-state index contributed by atoms with van der Waals surface area (Å²) in [6, 6.07) is 8.46. The van der Waals surface area contributed by atoms with Crippen molar-refractivity contribution in [3.05, 3.63) is 68.7 Å². The summed E-state index contributed by atoms with van der Waals surface area (Å²) in [7, 11) is -3.88. The molecular formula is C15H12Cl2N4O3S. The summed E-state index contributed by atoms with van der Waals surface area (Å²) in [4.78, 5) is 15.8. The van der Waals surface area contributed by atoms with Crippen molar-refractivity contribution in [1.29, 1.82) is 0 Å². The highest BCUT2D eigenvalue weighted by Gasteiger charge is 2.16. The van der Waals surface area contributed by atoms with Crippen LogP contribution in [0.1, 0.15) is 5.69 Å². The van der Waals surface area contributed by atoms with E-state index >= 15 is 0 Å². The first-order valence-electron chi connectivity index (χ1n) is 6.99. The summed E-state index contributed by atoms with van der Waals surface area (Å²) in [5.74, 6) is 0.340. The number of H-pyrrole nitrogens is 1. The first-order valence-corrected chi connectivity index (χ1v) is 9.22. The standard InChI is InChI=1S/C15H12Cl2N4O3S/c1-9-4-15(22)21(19-9)14-3-2-12(8-18-14)20-25(23,24)13-6-10(16)5-11(17)7-13/h2-8,19-20H,1H3. The Morgan fingerprint density at radius 3 is 2.32 bits per heavy atom. The molecule has 1 aromatic carbocycles. The van der Waals surface area contributed by atoms with Crippen LogP contribution in [0.5, 0.6) is 0 Å². The van der Waals surface area contributed by atoms with Gasteiger partial charge in [0.05, 0.1) is 16.8 Å². The Morgan fingerprint density at radius 2 is 1.80 bits per heavy atom. The summed E-state index contributed by atoms with van der Waals surface area (Å²) < 4.78 is 28.4. The lowest BCUT2D eigenvalue weighted by Crippen LogP contribution is -2.16. The minimum Gasteiger partial charge on any atom is -0.294 e. The minimum atomic E-state index is -3.88. The molecule has 2 aromatic heterocycles. The second-order valence-corrected chi connectivity index (χ2v) is 7.78. The molecule has 0 unspecified atom stereocenters. The van der Waals surface area contributed by atoms with Gasteiger partial charge in [0, 0.05) is 21.8 Å². The molecule has 0 spiro atoms. The van der Waals surface area contributed by atoms with Gasteiger partial charge in [-0.3, -0.25) is 14.6 Å². The molecule has 0 fully saturated rings. The van der Waals surface area contributed by atoms with Crippen LogP contribution in [0.3, 0.4) is 0 Å². The zero-order valence-corrected chi connectivity index (χ0v) is 15.2. The number of aromatic amines is 1. The van der Waals surface area contributed by atoms with Gasteiger partial charge in [-0.1, -0.05) is 23.2 Å². The third-order valence-corrected chi connectivity index (χ3v) is 5.02. The maximum Gasteiger partial charge on any atom is 0.272 e. The topological polar surface area (TPSA) is 96.8 Å². The maximum atomic E-state index is 12.4. The van der Waals surface area contributed by atoms with Crippen LogP contribution in [0.25, 0.3) is 5.82 Å². The van der Waals surface area contributed by atoms with Gasteiger partial charge < -0.3 is 0 Å². The average Bonchev–Trinajstić information content (AvgIpc) is 2.85. The van der Waals surface area contributed by atoms with Crippen LogP contribution in [-0.4, -0.2) is 23.2 Å². The molecule has 7 nitrogen and oxygen atoms in total. The SMILES string of the molecule is Cc1cc(=O)n(-c2ccc(NS(=O)(=O)c3cc(Cl)cc(Cl)c3)cn2)[nH]1. The Balaban J connectivity index is 1.88. The van der Waals surface area contributed by atoms with Gasteiger partial charge in [0.1, 0.15) is 0 Å². The molecule has 2 N–H and O–H groups in total. The number of benzene rings is 1. The van der Waals surface area contributed by atoms with Crippen molar-refractivity contribution >= 4 is 38.9 Å². The van der Waals surface area contributed by atoms with E-state index in [1.165, 1.54) is 47.3 Å². The van der Waals surface area contributed by atoms with E-state index in [9.17, 15) is 13.2 Å². The number of aromatic nitrogens is 3. The quantitative estimate of drug-likeness (QED) is 0.705. The Morgan fingerprint density at radius 1 is 1.12 bits per heavy atom. The molecule has 0 aliphatic rings. The highest BCUT2D eigenvalue weighted by molar-refractivity contribution is 7.92.